The molecule has 2 heterocycles. The zero-order valence-electron chi connectivity index (χ0n) is 20.0. The highest BCUT2D eigenvalue weighted by Gasteiger charge is 2.40. The molecule has 6 nitrogen and oxygen atoms in total. The lowest BCUT2D eigenvalue weighted by molar-refractivity contribution is -0.136. The Bertz CT molecular complexity index is 918. The third kappa shape index (κ3) is 5.94. The standard InChI is InChI=1S/C27H37N3O3/c1-29-14-16-30(17-15-29)13-12-28-26(31)27(10-18-33-19-11-27)21-22-6-5-7-23(20-22)24-8-3-4-9-25(24)32-2/h3-9,20H,10-19,21H2,1-2H3,(H,28,31). The number of methoxy groups -OCH3 is 1. The molecular weight excluding hydrogens is 414 g/mol. The topological polar surface area (TPSA) is 54.0 Å². The molecule has 2 aromatic carbocycles. The molecule has 2 fully saturated rings. The first-order valence-corrected chi connectivity index (χ1v) is 12.1. The van der Waals surface area contributed by atoms with Crippen molar-refractivity contribution >= 4 is 5.91 Å². The van der Waals surface area contributed by atoms with E-state index in [2.05, 4.69) is 52.5 Å². The Labute approximate surface area is 197 Å². The first-order chi connectivity index (χ1) is 16.1. The van der Waals surface area contributed by atoms with Crippen LogP contribution in [0.3, 0.4) is 0 Å². The minimum Gasteiger partial charge on any atom is -0.496 e. The molecule has 33 heavy (non-hydrogen) atoms. The smallest absolute Gasteiger partial charge is 0.226 e. The van der Waals surface area contributed by atoms with Crippen LogP contribution in [0.15, 0.2) is 48.5 Å². The average Bonchev–Trinajstić information content (AvgIpc) is 2.86. The Kier molecular flexibility index (Phi) is 8.02. The molecule has 2 aromatic rings. The van der Waals surface area contributed by atoms with E-state index >= 15 is 0 Å². The first kappa shape index (κ1) is 23.7. The predicted octanol–water partition coefficient (Wildman–Crippen LogP) is 3.07. The number of piperazine rings is 1. The predicted molar refractivity (Wildman–Crippen MR) is 132 cm³/mol. The average molecular weight is 452 g/mol. The molecule has 0 aromatic heterocycles. The number of carbonyl (C=O) groups excluding carboxylic acids is 1. The van der Waals surface area contributed by atoms with Crippen molar-refractivity contribution < 1.29 is 14.3 Å². The number of carbonyl (C=O) groups is 1. The van der Waals surface area contributed by atoms with Crippen LogP contribution in [-0.2, 0) is 16.0 Å². The van der Waals surface area contributed by atoms with Gasteiger partial charge in [-0.1, -0.05) is 42.5 Å². The van der Waals surface area contributed by atoms with E-state index in [0.29, 0.717) is 19.8 Å². The summed E-state index contributed by atoms with van der Waals surface area (Å²) in [4.78, 5) is 18.3. The summed E-state index contributed by atoms with van der Waals surface area (Å²) in [6.45, 7) is 7.22. The van der Waals surface area contributed by atoms with Crippen molar-refractivity contribution in [3.63, 3.8) is 0 Å². The monoisotopic (exact) mass is 451 g/mol. The summed E-state index contributed by atoms with van der Waals surface area (Å²) >= 11 is 0. The second-order valence-corrected chi connectivity index (χ2v) is 9.37. The van der Waals surface area contributed by atoms with Crippen LogP contribution >= 0.6 is 0 Å². The summed E-state index contributed by atoms with van der Waals surface area (Å²) < 4.78 is 11.2. The van der Waals surface area contributed by atoms with Crippen molar-refractivity contribution in [2.45, 2.75) is 19.3 Å². The van der Waals surface area contributed by atoms with Crippen LogP contribution in [0.25, 0.3) is 11.1 Å². The maximum atomic E-state index is 13.5. The normalized spacial score (nSPS) is 19.2. The van der Waals surface area contributed by atoms with Crippen molar-refractivity contribution in [2.75, 3.05) is 66.6 Å². The molecule has 0 aliphatic carbocycles. The summed E-state index contributed by atoms with van der Waals surface area (Å²) in [6, 6.07) is 16.6. The number of rotatable bonds is 8. The van der Waals surface area contributed by atoms with E-state index in [-0.39, 0.29) is 5.91 Å². The first-order valence-electron chi connectivity index (χ1n) is 12.1. The molecule has 2 aliphatic rings. The molecule has 6 heteroatoms. The van der Waals surface area contributed by atoms with E-state index in [1.54, 1.807) is 7.11 Å². The highest BCUT2D eigenvalue weighted by atomic mass is 16.5. The van der Waals surface area contributed by atoms with E-state index in [4.69, 9.17) is 9.47 Å². The van der Waals surface area contributed by atoms with Gasteiger partial charge in [0.1, 0.15) is 5.75 Å². The van der Waals surface area contributed by atoms with E-state index in [1.165, 1.54) is 5.56 Å². The van der Waals surface area contributed by atoms with Gasteiger partial charge in [0.05, 0.1) is 12.5 Å². The quantitative estimate of drug-likeness (QED) is 0.669. The summed E-state index contributed by atoms with van der Waals surface area (Å²) in [5.74, 6) is 1.03. The van der Waals surface area contributed by atoms with Crippen LogP contribution in [0.4, 0.5) is 0 Å². The highest BCUT2D eigenvalue weighted by Crippen LogP contribution is 2.36. The Morgan fingerprint density at radius 2 is 1.82 bits per heavy atom. The molecule has 0 unspecified atom stereocenters. The molecule has 0 atom stereocenters. The number of amides is 1. The molecule has 0 spiro atoms. The number of hydrogen-bond acceptors (Lipinski definition) is 5. The van der Waals surface area contributed by atoms with Crippen LogP contribution < -0.4 is 10.1 Å². The Hall–Kier alpha value is -2.41. The Balaban J connectivity index is 1.44. The number of nitrogens with zero attached hydrogens (tertiary/aromatic N) is 2. The lowest BCUT2D eigenvalue weighted by Crippen LogP contribution is -2.50. The molecule has 0 bridgehead atoms. The molecule has 4 rings (SSSR count). The van der Waals surface area contributed by atoms with Crippen LogP contribution in [0, 0.1) is 5.41 Å². The van der Waals surface area contributed by atoms with Gasteiger partial charge in [-0.2, -0.15) is 0 Å². The van der Waals surface area contributed by atoms with E-state index in [0.717, 1.165) is 68.9 Å². The van der Waals surface area contributed by atoms with Crippen molar-refractivity contribution in [1.29, 1.82) is 0 Å². The van der Waals surface area contributed by atoms with Crippen LogP contribution in [-0.4, -0.2) is 82.3 Å². The van der Waals surface area contributed by atoms with E-state index < -0.39 is 5.41 Å². The van der Waals surface area contributed by atoms with Gasteiger partial charge in [0.15, 0.2) is 0 Å². The van der Waals surface area contributed by atoms with Gasteiger partial charge in [-0.3, -0.25) is 9.69 Å². The summed E-state index contributed by atoms with van der Waals surface area (Å²) in [7, 11) is 3.86. The third-order valence-corrected chi connectivity index (χ3v) is 7.13. The number of ether oxygens (including phenoxy) is 2. The van der Waals surface area contributed by atoms with E-state index in [1.807, 2.05) is 18.2 Å². The highest BCUT2D eigenvalue weighted by molar-refractivity contribution is 5.83. The maximum absolute atomic E-state index is 13.5. The van der Waals surface area contributed by atoms with Gasteiger partial charge in [-0.15, -0.1) is 0 Å². The van der Waals surface area contributed by atoms with Gasteiger partial charge in [0.2, 0.25) is 5.91 Å². The number of hydrogen-bond donors (Lipinski definition) is 1. The summed E-state index contributed by atoms with van der Waals surface area (Å²) in [6.07, 6.45) is 2.23. The molecule has 178 valence electrons. The third-order valence-electron chi connectivity index (χ3n) is 7.13. The van der Waals surface area contributed by atoms with Crippen molar-refractivity contribution in [1.82, 2.24) is 15.1 Å². The van der Waals surface area contributed by atoms with Crippen molar-refractivity contribution in [3.05, 3.63) is 54.1 Å². The molecule has 0 radical (unpaired) electrons. The zero-order chi connectivity index (χ0) is 23.1. The van der Waals surface area contributed by atoms with Crippen molar-refractivity contribution in [3.8, 4) is 16.9 Å². The largest absolute Gasteiger partial charge is 0.496 e. The molecular formula is C27H37N3O3. The molecule has 1 N–H and O–H groups in total. The summed E-state index contributed by atoms with van der Waals surface area (Å²) in [5.41, 5.74) is 2.94. The Morgan fingerprint density at radius 1 is 1.06 bits per heavy atom. The molecule has 2 saturated heterocycles. The molecule has 0 saturated carbocycles. The lowest BCUT2D eigenvalue weighted by atomic mass is 9.74. The fraction of sp³-hybridized carbons (Fsp3) is 0.519. The minimum atomic E-state index is -0.417. The van der Waals surface area contributed by atoms with Crippen LogP contribution in [0.2, 0.25) is 0 Å². The fourth-order valence-corrected chi connectivity index (χ4v) is 4.96. The number of benzene rings is 2. The molecule has 2 aliphatic heterocycles. The van der Waals surface area contributed by atoms with Crippen molar-refractivity contribution in [2.24, 2.45) is 5.41 Å². The van der Waals surface area contributed by atoms with Gasteiger partial charge in [-0.05, 0) is 43.5 Å². The minimum absolute atomic E-state index is 0.169. The maximum Gasteiger partial charge on any atom is 0.226 e. The summed E-state index contributed by atoms with van der Waals surface area (Å²) in [5, 5.41) is 3.27. The van der Waals surface area contributed by atoms with Crippen LogP contribution in [0.5, 0.6) is 5.75 Å². The second-order valence-electron chi connectivity index (χ2n) is 9.37. The second kappa shape index (κ2) is 11.1. The van der Waals surface area contributed by atoms with Gasteiger partial charge in [0, 0.05) is 58.0 Å². The van der Waals surface area contributed by atoms with Gasteiger partial charge >= 0.3 is 0 Å². The van der Waals surface area contributed by atoms with E-state index in [9.17, 15) is 4.79 Å². The number of nitrogens with one attached hydrogen (secondary N) is 1. The SMILES string of the molecule is COc1ccccc1-c1cccc(CC2(C(=O)NCCN3CCN(C)CC3)CCOCC2)c1. The Morgan fingerprint density at radius 3 is 2.58 bits per heavy atom. The zero-order valence-corrected chi connectivity index (χ0v) is 20.0. The fourth-order valence-electron chi connectivity index (χ4n) is 4.96. The lowest BCUT2D eigenvalue weighted by Gasteiger charge is -2.37. The van der Waals surface area contributed by atoms with Gasteiger partial charge in [-0.25, -0.2) is 0 Å². The number of para-hydroxylation sites is 1. The number of likely N-dealkylation sites (N-methyl/N-ethyl adjacent to an activating group) is 1. The van der Waals surface area contributed by atoms with Gasteiger partial charge in [0.25, 0.3) is 0 Å². The van der Waals surface area contributed by atoms with Gasteiger partial charge < -0.3 is 19.7 Å². The van der Waals surface area contributed by atoms with Crippen LogP contribution in [0.1, 0.15) is 18.4 Å². The molecule has 1 amide bonds.